The van der Waals surface area contributed by atoms with Gasteiger partial charge >= 0.3 is 0 Å². The quantitative estimate of drug-likeness (QED) is 0.816. The maximum Gasteiger partial charge on any atom is 0.0991 e. The summed E-state index contributed by atoms with van der Waals surface area (Å²) in [4.78, 5) is 4.84. The van der Waals surface area contributed by atoms with Gasteiger partial charge in [0, 0.05) is 38.1 Å². The number of hydrogen-bond acceptors (Lipinski definition) is 3. The molecule has 0 saturated heterocycles. The molecule has 1 saturated carbocycles. The van der Waals surface area contributed by atoms with Crippen LogP contribution in [0.25, 0.3) is 0 Å². The van der Waals surface area contributed by atoms with Crippen LogP contribution in [0.15, 0.2) is 42.5 Å². The van der Waals surface area contributed by atoms with Crippen molar-refractivity contribution in [2.45, 2.75) is 32.2 Å². The van der Waals surface area contributed by atoms with E-state index in [0.29, 0.717) is 11.5 Å². The summed E-state index contributed by atoms with van der Waals surface area (Å²) >= 11 is 0. The van der Waals surface area contributed by atoms with Crippen molar-refractivity contribution in [3.63, 3.8) is 0 Å². The Hall–Kier alpha value is -2.31. The molecule has 1 aliphatic heterocycles. The van der Waals surface area contributed by atoms with Crippen LogP contribution in [-0.4, -0.2) is 25.0 Å². The molecule has 128 valence electrons. The van der Waals surface area contributed by atoms with Gasteiger partial charge in [-0.3, -0.25) is 4.90 Å². The van der Waals surface area contributed by atoms with Crippen molar-refractivity contribution in [3.05, 3.63) is 59.2 Å². The third-order valence-electron chi connectivity index (χ3n) is 5.57. The van der Waals surface area contributed by atoms with E-state index in [1.54, 1.807) is 0 Å². The zero-order valence-electron chi connectivity index (χ0n) is 15.1. The average molecular weight is 331 g/mol. The third-order valence-corrected chi connectivity index (χ3v) is 5.57. The van der Waals surface area contributed by atoms with Crippen LogP contribution in [0.5, 0.6) is 0 Å². The molecule has 3 heteroatoms. The molecular formula is C22H25N3. The summed E-state index contributed by atoms with van der Waals surface area (Å²) in [5.41, 5.74) is 6.00. The van der Waals surface area contributed by atoms with Crippen LogP contribution in [0, 0.1) is 17.2 Å². The Bertz CT molecular complexity index is 799. The molecule has 0 amide bonds. The fraction of sp³-hybridized carbons (Fsp3) is 0.409. The summed E-state index contributed by atoms with van der Waals surface area (Å²) in [6.07, 6.45) is 2.83. The van der Waals surface area contributed by atoms with Gasteiger partial charge in [-0.2, -0.15) is 5.26 Å². The highest BCUT2D eigenvalue weighted by atomic mass is 15.1. The number of rotatable bonds is 4. The predicted octanol–water partition coefficient (Wildman–Crippen LogP) is 4.66. The van der Waals surface area contributed by atoms with Crippen LogP contribution in [0.2, 0.25) is 0 Å². The summed E-state index contributed by atoms with van der Waals surface area (Å²) in [7, 11) is 2.09. The topological polar surface area (TPSA) is 30.3 Å². The van der Waals surface area contributed by atoms with Crippen molar-refractivity contribution in [1.82, 2.24) is 4.90 Å². The summed E-state index contributed by atoms with van der Waals surface area (Å²) in [6, 6.07) is 16.9. The van der Waals surface area contributed by atoms with E-state index in [2.05, 4.69) is 48.0 Å². The number of hydrogen-bond donors (Lipinski definition) is 0. The molecule has 1 heterocycles. The highest BCUT2D eigenvalue weighted by Gasteiger charge is 2.28. The Balaban J connectivity index is 1.57. The first-order valence-corrected chi connectivity index (χ1v) is 9.23. The molecule has 25 heavy (non-hydrogen) atoms. The minimum atomic E-state index is 0.608. The Morgan fingerprint density at radius 2 is 1.84 bits per heavy atom. The van der Waals surface area contributed by atoms with Crippen molar-refractivity contribution in [3.8, 4) is 6.07 Å². The largest absolute Gasteiger partial charge is 0.345 e. The third kappa shape index (κ3) is 3.41. The van der Waals surface area contributed by atoms with E-state index >= 15 is 0 Å². The number of benzene rings is 2. The van der Waals surface area contributed by atoms with Gasteiger partial charge in [0.05, 0.1) is 11.6 Å². The monoisotopic (exact) mass is 331 g/mol. The van der Waals surface area contributed by atoms with E-state index < -0.39 is 0 Å². The Morgan fingerprint density at radius 3 is 2.52 bits per heavy atom. The van der Waals surface area contributed by atoms with Gasteiger partial charge in [0.15, 0.2) is 0 Å². The van der Waals surface area contributed by atoms with Gasteiger partial charge in [-0.25, -0.2) is 0 Å². The molecule has 2 aromatic carbocycles. The van der Waals surface area contributed by atoms with Crippen LogP contribution >= 0.6 is 0 Å². The van der Waals surface area contributed by atoms with Gasteiger partial charge in [-0.15, -0.1) is 0 Å². The van der Waals surface area contributed by atoms with E-state index in [9.17, 15) is 0 Å². The molecule has 1 unspecified atom stereocenters. The lowest BCUT2D eigenvalue weighted by Crippen LogP contribution is -2.34. The van der Waals surface area contributed by atoms with E-state index in [1.807, 2.05) is 24.3 Å². The van der Waals surface area contributed by atoms with Crippen LogP contribution < -0.4 is 4.90 Å². The van der Waals surface area contributed by atoms with E-state index in [-0.39, 0.29) is 0 Å². The molecule has 1 atom stereocenters. The SMILES string of the molecule is CC1CN(CC2CC2)Cc2cc(N(C)c3ccc(C#N)cc3)ccc21. The number of nitrogens with zero attached hydrogens (tertiary/aromatic N) is 3. The molecule has 1 fully saturated rings. The Labute approximate surface area is 150 Å². The number of anilines is 2. The summed E-state index contributed by atoms with van der Waals surface area (Å²) in [5.74, 6) is 1.55. The lowest BCUT2D eigenvalue weighted by molar-refractivity contribution is 0.226. The predicted molar refractivity (Wildman–Crippen MR) is 102 cm³/mol. The highest BCUT2D eigenvalue weighted by Crippen LogP contribution is 2.36. The van der Waals surface area contributed by atoms with Crippen LogP contribution in [0.4, 0.5) is 11.4 Å². The lowest BCUT2D eigenvalue weighted by atomic mass is 9.90. The van der Waals surface area contributed by atoms with Gasteiger partial charge in [0.25, 0.3) is 0 Å². The van der Waals surface area contributed by atoms with Crippen LogP contribution in [0.1, 0.15) is 42.4 Å². The number of nitriles is 1. The van der Waals surface area contributed by atoms with E-state index in [4.69, 9.17) is 5.26 Å². The lowest BCUT2D eigenvalue weighted by Gasteiger charge is -2.34. The van der Waals surface area contributed by atoms with Gasteiger partial charge < -0.3 is 4.90 Å². The molecule has 1 aliphatic carbocycles. The number of fused-ring (bicyclic) bond motifs is 1. The van der Waals surface area contributed by atoms with Crippen molar-refractivity contribution in [2.24, 2.45) is 5.92 Å². The molecule has 0 radical (unpaired) electrons. The van der Waals surface area contributed by atoms with Gasteiger partial charge in [-0.1, -0.05) is 13.0 Å². The Kier molecular flexibility index (Phi) is 4.23. The molecule has 2 aliphatic rings. The van der Waals surface area contributed by atoms with E-state index in [1.165, 1.54) is 42.7 Å². The molecule has 0 N–H and O–H groups in total. The average Bonchev–Trinajstić information content (AvgIpc) is 3.44. The maximum absolute atomic E-state index is 8.96. The van der Waals surface area contributed by atoms with Crippen LogP contribution in [0.3, 0.4) is 0 Å². The van der Waals surface area contributed by atoms with Gasteiger partial charge in [0.1, 0.15) is 0 Å². The van der Waals surface area contributed by atoms with Crippen molar-refractivity contribution >= 4 is 11.4 Å². The molecule has 0 spiro atoms. The van der Waals surface area contributed by atoms with Crippen LogP contribution in [-0.2, 0) is 6.54 Å². The summed E-state index contributed by atoms with van der Waals surface area (Å²) in [5, 5.41) is 8.96. The molecule has 2 aromatic rings. The molecule has 4 rings (SSSR count). The zero-order chi connectivity index (χ0) is 17.4. The molecule has 3 nitrogen and oxygen atoms in total. The van der Waals surface area contributed by atoms with Gasteiger partial charge in [0.2, 0.25) is 0 Å². The first-order valence-electron chi connectivity index (χ1n) is 9.23. The maximum atomic E-state index is 8.96. The van der Waals surface area contributed by atoms with Crippen molar-refractivity contribution in [2.75, 3.05) is 25.0 Å². The first kappa shape index (κ1) is 16.2. The second-order valence-electron chi connectivity index (χ2n) is 7.64. The normalized spacial score (nSPS) is 20.0. The molecular weight excluding hydrogens is 306 g/mol. The fourth-order valence-electron chi connectivity index (χ4n) is 3.92. The second kappa shape index (κ2) is 6.54. The van der Waals surface area contributed by atoms with Gasteiger partial charge in [-0.05, 0) is 72.2 Å². The fourth-order valence-corrected chi connectivity index (χ4v) is 3.92. The van der Waals surface area contributed by atoms with Crippen molar-refractivity contribution in [1.29, 1.82) is 5.26 Å². The van der Waals surface area contributed by atoms with E-state index in [0.717, 1.165) is 18.2 Å². The summed E-state index contributed by atoms with van der Waals surface area (Å²) in [6.45, 7) is 5.88. The standard InChI is InChI=1S/C22H25N3/c1-16-13-25(14-18-3-4-18)15-19-11-21(9-10-22(16)19)24(2)20-7-5-17(12-23)6-8-20/h5-11,16,18H,3-4,13-15H2,1-2H3. The second-order valence-corrected chi connectivity index (χ2v) is 7.64. The van der Waals surface area contributed by atoms with Crippen molar-refractivity contribution < 1.29 is 0 Å². The molecule has 0 aromatic heterocycles. The molecule has 0 bridgehead atoms. The minimum Gasteiger partial charge on any atom is -0.345 e. The minimum absolute atomic E-state index is 0.608. The summed E-state index contributed by atoms with van der Waals surface area (Å²) < 4.78 is 0. The zero-order valence-corrected chi connectivity index (χ0v) is 15.1. The first-order chi connectivity index (χ1) is 12.1. The smallest absolute Gasteiger partial charge is 0.0991 e. The Morgan fingerprint density at radius 1 is 1.12 bits per heavy atom. The highest BCUT2D eigenvalue weighted by molar-refractivity contribution is 5.64.